The van der Waals surface area contributed by atoms with Gasteiger partial charge >= 0.3 is 11.9 Å². The number of carbonyl (C=O) groups excluding carboxylic acids is 4. The second-order valence-electron chi connectivity index (χ2n) is 5.02. The topological polar surface area (TPSA) is 105 Å². The molecule has 0 bridgehead atoms. The van der Waals surface area contributed by atoms with Crippen LogP contribution in [0.2, 0.25) is 0 Å². The van der Waals surface area contributed by atoms with Gasteiger partial charge in [-0.1, -0.05) is 26.7 Å². The molecule has 8 nitrogen and oxygen atoms in total. The van der Waals surface area contributed by atoms with Gasteiger partial charge in [-0.3, -0.25) is 19.4 Å². The van der Waals surface area contributed by atoms with Gasteiger partial charge in [0, 0.05) is 21.7 Å². The Hall–Kier alpha value is -1.09. The van der Waals surface area contributed by atoms with E-state index in [2.05, 4.69) is 19.6 Å². The van der Waals surface area contributed by atoms with Crippen molar-refractivity contribution in [2.24, 2.45) is 0 Å². The molecule has 144 valence electrons. The molecule has 0 atom stereocenters. The van der Waals surface area contributed by atoms with Crippen molar-refractivity contribution in [1.29, 1.82) is 0 Å². The minimum atomic E-state index is -0.626. The molecule has 0 N–H and O–H groups in total. The summed E-state index contributed by atoms with van der Waals surface area (Å²) in [6, 6.07) is 0. The molecule has 0 fully saturated rings. The number of hydrogen-bond acceptors (Lipinski definition) is 8. The van der Waals surface area contributed by atoms with Crippen LogP contribution in [0.25, 0.3) is 0 Å². The van der Waals surface area contributed by atoms with E-state index in [9.17, 15) is 19.2 Å². The van der Waals surface area contributed by atoms with Crippen LogP contribution in [0.5, 0.6) is 0 Å². The first kappa shape index (κ1) is 28.7. The molecular formula is C16H28O8Ti. The monoisotopic (exact) mass is 396 g/mol. The summed E-state index contributed by atoms with van der Waals surface area (Å²) in [4.78, 5) is 59.7. The van der Waals surface area contributed by atoms with E-state index in [-0.39, 0.29) is 46.1 Å². The van der Waals surface area contributed by atoms with Crippen molar-refractivity contribution in [2.45, 2.75) is 66.2 Å². The van der Waals surface area contributed by atoms with Crippen LogP contribution >= 0.6 is 0 Å². The molecule has 0 saturated heterocycles. The zero-order valence-corrected chi connectivity index (χ0v) is 17.0. The molecule has 0 saturated carbocycles. The largest absolute Gasteiger partial charge is 0.349 e. The van der Waals surface area contributed by atoms with Gasteiger partial charge in [0.2, 0.25) is 0 Å². The smallest absolute Gasteiger partial charge is 0.299 e. The predicted molar refractivity (Wildman–Crippen MR) is 84.5 cm³/mol. The van der Waals surface area contributed by atoms with Crippen LogP contribution < -0.4 is 0 Å². The third-order valence-corrected chi connectivity index (χ3v) is 2.25. The Morgan fingerprint density at radius 3 is 1.24 bits per heavy atom. The SMILES string of the molecule is CCCCOOC(=O)CC(C)=O.CCCCOOC(=O)CC(C)=O.[Ti]. The number of unbranched alkanes of at least 4 members (excludes halogenated alkanes) is 2. The molecule has 0 spiro atoms. The van der Waals surface area contributed by atoms with Crippen LogP contribution in [-0.4, -0.2) is 36.7 Å². The van der Waals surface area contributed by atoms with Gasteiger partial charge in [-0.15, -0.1) is 0 Å². The average Bonchev–Trinajstić information content (AvgIpc) is 2.47. The van der Waals surface area contributed by atoms with E-state index >= 15 is 0 Å². The van der Waals surface area contributed by atoms with Gasteiger partial charge in [-0.05, 0) is 26.7 Å². The first-order valence-corrected chi connectivity index (χ1v) is 7.96. The van der Waals surface area contributed by atoms with E-state index in [1.165, 1.54) is 13.8 Å². The van der Waals surface area contributed by atoms with Crippen LogP contribution in [0.3, 0.4) is 0 Å². The van der Waals surface area contributed by atoms with E-state index in [0.717, 1.165) is 25.7 Å². The van der Waals surface area contributed by atoms with Gasteiger partial charge in [0.1, 0.15) is 24.4 Å². The summed E-state index contributed by atoms with van der Waals surface area (Å²) in [6.07, 6.45) is 3.20. The molecule has 0 aromatic rings. The van der Waals surface area contributed by atoms with Crippen LogP contribution in [0.15, 0.2) is 0 Å². The average molecular weight is 396 g/mol. The van der Waals surface area contributed by atoms with Crippen LogP contribution in [-0.2, 0) is 60.4 Å². The summed E-state index contributed by atoms with van der Waals surface area (Å²) in [5.74, 6) is -1.70. The normalized spacial score (nSPS) is 9.12. The van der Waals surface area contributed by atoms with Gasteiger partial charge in [-0.25, -0.2) is 9.59 Å². The van der Waals surface area contributed by atoms with E-state index in [1.54, 1.807) is 0 Å². The Bertz CT molecular complexity index is 348. The van der Waals surface area contributed by atoms with Gasteiger partial charge in [-0.2, -0.15) is 9.78 Å². The molecule has 0 aliphatic rings. The molecule has 9 heteroatoms. The van der Waals surface area contributed by atoms with Crippen molar-refractivity contribution in [3.63, 3.8) is 0 Å². The summed E-state index contributed by atoms with van der Waals surface area (Å²) < 4.78 is 0. The zero-order valence-electron chi connectivity index (χ0n) is 15.4. The molecule has 0 radical (unpaired) electrons. The predicted octanol–water partition coefficient (Wildman–Crippen LogP) is 2.48. The molecule has 0 amide bonds. The van der Waals surface area contributed by atoms with E-state index in [4.69, 9.17) is 0 Å². The number of ketones is 2. The molecule has 0 aliphatic carbocycles. The Kier molecular flexibility index (Phi) is 24.1. The molecule has 25 heavy (non-hydrogen) atoms. The van der Waals surface area contributed by atoms with Crippen LogP contribution in [0.1, 0.15) is 66.2 Å². The van der Waals surface area contributed by atoms with Crippen molar-refractivity contribution in [3.05, 3.63) is 0 Å². The fraction of sp³-hybridized carbons (Fsp3) is 0.750. The molecule has 0 rings (SSSR count). The van der Waals surface area contributed by atoms with Gasteiger partial charge < -0.3 is 0 Å². The fourth-order valence-electron chi connectivity index (χ4n) is 1.09. The molecule has 0 aliphatic heterocycles. The third kappa shape index (κ3) is 28.0. The first-order valence-electron chi connectivity index (χ1n) is 7.96. The maximum Gasteiger partial charge on any atom is 0.349 e. The van der Waals surface area contributed by atoms with Crippen molar-refractivity contribution < 1.29 is 60.4 Å². The van der Waals surface area contributed by atoms with Crippen LogP contribution in [0, 0.1) is 0 Å². The summed E-state index contributed by atoms with van der Waals surface area (Å²) in [6.45, 7) is 7.43. The van der Waals surface area contributed by atoms with Gasteiger partial charge in [0.05, 0.1) is 13.2 Å². The summed E-state index contributed by atoms with van der Waals surface area (Å²) in [5.41, 5.74) is 0. The van der Waals surface area contributed by atoms with Crippen molar-refractivity contribution in [2.75, 3.05) is 13.2 Å². The van der Waals surface area contributed by atoms with Crippen molar-refractivity contribution in [3.8, 4) is 0 Å². The van der Waals surface area contributed by atoms with E-state index in [0.29, 0.717) is 13.2 Å². The molecule has 0 heterocycles. The third-order valence-electron chi connectivity index (χ3n) is 2.25. The number of carbonyl (C=O) groups is 4. The summed E-state index contributed by atoms with van der Waals surface area (Å²) in [5, 5.41) is 0. The minimum absolute atomic E-state index is 0. The van der Waals surface area contributed by atoms with Gasteiger partial charge in [0.25, 0.3) is 0 Å². The molecule has 0 unspecified atom stereocenters. The maximum atomic E-state index is 10.6. The first-order chi connectivity index (χ1) is 11.3. The Balaban J connectivity index is -0.000000372. The number of rotatable bonds is 12. The Labute approximate surface area is 163 Å². The zero-order chi connectivity index (χ0) is 18.8. The summed E-state index contributed by atoms with van der Waals surface area (Å²) >= 11 is 0. The number of Topliss-reactive ketones (excluding diaryl/α,β-unsaturated/α-hetero) is 2. The standard InChI is InChI=1S/2C8H14O4.Ti/c2*1-3-4-5-11-12-8(10)6-7(2)9;/h2*3-6H2,1-2H3;. The fourth-order valence-corrected chi connectivity index (χ4v) is 1.09. The Morgan fingerprint density at radius 1 is 0.680 bits per heavy atom. The maximum absolute atomic E-state index is 10.6. The van der Waals surface area contributed by atoms with Crippen molar-refractivity contribution >= 4 is 23.5 Å². The second-order valence-corrected chi connectivity index (χ2v) is 5.02. The Morgan fingerprint density at radius 2 is 1.00 bits per heavy atom. The molecular weight excluding hydrogens is 368 g/mol. The van der Waals surface area contributed by atoms with Crippen molar-refractivity contribution in [1.82, 2.24) is 0 Å². The quantitative estimate of drug-likeness (QED) is 0.163. The van der Waals surface area contributed by atoms with Crippen LogP contribution in [0.4, 0.5) is 0 Å². The van der Waals surface area contributed by atoms with E-state index < -0.39 is 11.9 Å². The second kappa shape index (κ2) is 21.0. The minimum Gasteiger partial charge on any atom is -0.299 e. The molecule has 0 aromatic carbocycles. The van der Waals surface area contributed by atoms with E-state index in [1.807, 2.05) is 13.8 Å². The number of hydrogen-bond donors (Lipinski definition) is 0. The summed E-state index contributed by atoms with van der Waals surface area (Å²) in [7, 11) is 0. The van der Waals surface area contributed by atoms with Gasteiger partial charge in [0.15, 0.2) is 0 Å². The molecule has 0 aromatic heterocycles.